The number of ether oxygens (including phenoxy) is 1. The van der Waals surface area contributed by atoms with Gasteiger partial charge in [0.15, 0.2) is 0 Å². The lowest BCUT2D eigenvalue weighted by Gasteiger charge is -2.13. The van der Waals surface area contributed by atoms with Gasteiger partial charge in [-0.15, -0.1) is 0 Å². The Balaban J connectivity index is 1.99. The molecule has 4 nitrogen and oxygen atoms in total. The number of nitrogens with zero attached hydrogens (tertiary/aromatic N) is 2. The van der Waals surface area contributed by atoms with Crippen molar-refractivity contribution in [3.05, 3.63) is 29.8 Å². The van der Waals surface area contributed by atoms with Crippen molar-refractivity contribution >= 4 is 5.84 Å². The van der Waals surface area contributed by atoms with Gasteiger partial charge in [0.2, 0.25) is 0 Å². The minimum Gasteiger partial charge on any atom is -0.497 e. The monoisotopic (exact) mass is 205 g/mol. The fourth-order valence-corrected chi connectivity index (χ4v) is 1.58. The van der Waals surface area contributed by atoms with Gasteiger partial charge in [0.05, 0.1) is 13.7 Å². The van der Waals surface area contributed by atoms with E-state index in [1.54, 1.807) is 7.11 Å². The van der Waals surface area contributed by atoms with Crippen LogP contribution >= 0.6 is 0 Å². The van der Waals surface area contributed by atoms with Gasteiger partial charge in [-0.3, -0.25) is 5.01 Å². The molecule has 0 unspecified atom stereocenters. The van der Waals surface area contributed by atoms with Gasteiger partial charge < -0.3 is 10.5 Å². The second kappa shape index (κ2) is 4.21. The van der Waals surface area contributed by atoms with Crippen LogP contribution in [0.1, 0.15) is 12.0 Å². The van der Waals surface area contributed by atoms with Crippen LogP contribution in [0.3, 0.4) is 0 Å². The summed E-state index contributed by atoms with van der Waals surface area (Å²) in [5, 5.41) is 6.21. The lowest BCUT2D eigenvalue weighted by Crippen LogP contribution is -2.13. The minimum atomic E-state index is 0.725. The summed E-state index contributed by atoms with van der Waals surface area (Å²) in [6.07, 6.45) is 0.871. The largest absolute Gasteiger partial charge is 0.497 e. The molecule has 1 heterocycles. The Hall–Kier alpha value is -1.71. The van der Waals surface area contributed by atoms with Gasteiger partial charge in [0, 0.05) is 13.0 Å². The van der Waals surface area contributed by atoms with E-state index >= 15 is 0 Å². The van der Waals surface area contributed by atoms with E-state index in [-0.39, 0.29) is 0 Å². The number of rotatable bonds is 3. The number of hydrogen-bond donors (Lipinski definition) is 1. The summed E-state index contributed by atoms with van der Waals surface area (Å²) < 4.78 is 5.10. The van der Waals surface area contributed by atoms with Gasteiger partial charge >= 0.3 is 0 Å². The lowest BCUT2D eigenvalue weighted by atomic mass is 10.2. The number of hydrazone groups is 1. The second-order valence-electron chi connectivity index (χ2n) is 3.58. The number of benzene rings is 1. The molecule has 2 N–H and O–H groups in total. The van der Waals surface area contributed by atoms with Crippen molar-refractivity contribution in [3.63, 3.8) is 0 Å². The Labute approximate surface area is 89.3 Å². The third kappa shape index (κ3) is 2.40. The summed E-state index contributed by atoms with van der Waals surface area (Å²) in [4.78, 5) is 0. The molecule has 1 aromatic rings. The molecule has 4 heteroatoms. The molecule has 0 radical (unpaired) electrons. The van der Waals surface area contributed by atoms with Crippen LogP contribution in [-0.2, 0) is 6.54 Å². The Bertz CT molecular complexity index is 359. The molecule has 0 atom stereocenters. The van der Waals surface area contributed by atoms with E-state index in [2.05, 4.69) is 5.10 Å². The van der Waals surface area contributed by atoms with Crippen molar-refractivity contribution in [2.24, 2.45) is 10.8 Å². The summed E-state index contributed by atoms with van der Waals surface area (Å²) in [5.41, 5.74) is 6.83. The van der Waals surface area contributed by atoms with Crippen LogP contribution in [0.25, 0.3) is 0 Å². The van der Waals surface area contributed by atoms with Crippen LogP contribution in [0, 0.1) is 0 Å². The third-order valence-corrected chi connectivity index (χ3v) is 2.42. The minimum absolute atomic E-state index is 0.725. The first-order valence-corrected chi connectivity index (χ1v) is 4.99. The highest BCUT2D eigenvalue weighted by atomic mass is 16.5. The van der Waals surface area contributed by atoms with Crippen LogP contribution in [0.15, 0.2) is 29.4 Å². The van der Waals surface area contributed by atoms with Gasteiger partial charge in [0.1, 0.15) is 11.6 Å². The second-order valence-corrected chi connectivity index (χ2v) is 3.58. The molecule has 1 aliphatic heterocycles. The van der Waals surface area contributed by atoms with Gasteiger partial charge in [-0.1, -0.05) is 12.1 Å². The van der Waals surface area contributed by atoms with Crippen molar-refractivity contribution in [1.82, 2.24) is 5.01 Å². The predicted molar refractivity (Wildman–Crippen MR) is 59.6 cm³/mol. The molecule has 0 amide bonds. The van der Waals surface area contributed by atoms with Crippen LogP contribution in [0.4, 0.5) is 0 Å². The lowest BCUT2D eigenvalue weighted by molar-refractivity contribution is 0.310. The number of nitrogens with two attached hydrogens (primary N) is 1. The molecule has 15 heavy (non-hydrogen) atoms. The first-order valence-electron chi connectivity index (χ1n) is 4.99. The zero-order valence-electron chi connectivity index (χ0n) is 8.81. The molecule has 1 aliphatic rings. The highest BCUT2D eigenvalue weighted by molar-refractivity contribution is 5.81. The molecule has 0 fully saturated rings. The fourth-order valence-electron chi connectivity index (χ4n) is 1.58. The smallest absolute Gasteiger partial charge is 0.121 e. The number of hydrogen-bond acceptors (Lipinski definition) is 4. The maximum atomic E-state index is 5.61. The molecule has 0 aliphatic carbocycles. The molecule has 0 saturated heterocycles. The van der Waals surface area contributed by atoms with Crippen molar-refractivity contribution in [2.75, 3.05) is 13.7 Å². The normalized spacial score (nSPS) is 15.3. The summed E-state index contributed by atoms with van der Waals surface area (Å²) in [6.45, 7) is 1.72. The summed E-state index contributed by atoms with van der Waals surface area (Å²) in [6, 6.07) is 8.00. The standard InChI is InChI=1S/C11H15N3O/c1-15-10-4-2-9(3-5-10)8-14-7-6-11(12)13-14/h2-5H,6-8H2,1H3,(H2,12,13). The van der Waals surface area contributed by atoms with Crippen LogP contribution < -0.4 is 10.5 Å². The first-order chi connectivity index (χ1) is 7.28. The summed E-state index contributed by atoms with van der Waals surface area (Å²) in [5.74, 6) is 1.60. The predicted octanol–water partition coefficient (Wildman–Crippen LogP) is 1.17. The molecule has 2 rings (SSSR count). The topological polar surface area (TPSA) is 50.9 Å². The van der Waals surface area contributed by atoms with Gasteiger partial charge in [0.25, 0.3) is 0 Å². The molecule has 1 aromatic carbocycles. The molecule has 80 valence electrons. The molecule has 0 aromatic heterocycles. The van der Waals surface area contributed by atoms with Crippen molar-refractivity contribution in [1.29, 1.82) is 0 Å². The van der Waals surface area contributed by atoms with E-state index < -0.39 is 0 Å². The molecule has 0 bridgehead atoms. The number of amidine groups is 1. The molecule has 0 saturated carbocycles. The quantitative estimate of drug-likeness (QED) is 0.806. The van der Waals surface area contributed by atoms with Gasteiger partial charge in [-0.05, 0) is 17.7 Å². The Morgan fingerprint density at radius 2 is 2.13 bits per heavy atom. The zero-order chi connectivity index (χ0) is 10.7. The van der Waals surface area contributed by atoms with E-state index in [4.69, 9.17) is 10.5 Å². The van der Waals surface area contributed by atoms with E-state index in [1.807, 2.05) is 29.3 Å². The highest BCUT2D eigenvalue weighted by Gasteiger charge is 2.11. The SMILES string of the molecule is COc1ccc(CN2CCC(N)=N2)cc1. The summed E-state index contributed by atoms with van der Waals surface area (Å²) >= 11 is 0. The average Bonchev–Trinajstić information content (AvgIpc) is 2.65. The molecule has 0 spiro atoms. The number of methoxy groups -OCH3 is 1. The maximum absolute atomic E-state index is 5.61. The molecular weight excluding hydrogens is 190 g/mol. The fraction of sp³-hybridized carbons (Fsp3) is 0.364. The van der Waals surface area contributed by atoms with E-state index in [1.165, 1.54) is 5.56 Å². The summed E-state index contributed by atoms with van der Waals surface area (Å²) in [7, 11) is 1.67. The average molecular weight is 205 g/mol. The Kier molecular flexibility index (Phi) is 2.76. The molecular formula is C11H15N3O. The third-order valence-electron chi connectivity index (χ3n) is 2.42. The van der Waals surface area contributed by atoms with Crippen molar-refractivity contribution in [2.45, 2.75) is 13.0 Å². The van der Waals surface area contributed by atoms with Gasteiger partial charge in [-0.25, -0.2) is 0 Å². The zero-order valence-corrected chi connectivity index (χ0v) is 8.81. The Morgan fingerprint density at radius 1 is 1.40 bits per heavy atom. The first kappa shape index (κ1) is 9.83. The van der Waals surface area contributed by atoms with Crippen molar-refractivity contribution < 1.29 is 4.74 Å². The van der Waals surface area contributed by atoms with Crippen LogP contribution in [-0.4, -0.2) is 24.5 Å². The van der Waals surface area contributed by atoms with Crippen LogP contribution in [0.2, 0.25) is 0 Å². The maximum Gasteiger partial charge on any atom is 0.121 e. The van der Waals surface area contributed by atoms with E-state index in [9.17, 15) is 0 Å². The Morgan fingerprint density at radius 3 is 2.67 bits per heavy atom. The van der Waals surface area contributed by atoms with E-state index in [0.717, 1.165) is 31.1 Å². The van der Waals surface area contributed by atoms with E-state index in [0.29, 0.717) is 0 Å². The van der Waals surface area contributed by atoms with Gasteiger partial charge in [-0.2, -0.15) is 5.10 Å². The van der Waals surface area contributed by atoms with Crippen molar-refractivity contribution in [3.8, 4) is 5.75 Å². The van der Waals surface area contributed by atoms with Crippen LogP contribution in [0.5, 0.6) is 5.75 Å². The highest BCUT2D eigenvalue weighted by Crippen LogP contribution is 2.14.